The van der Waals surface area contributed by atoms with E-state index in [-0.39, 0.29) is 11.7 Å². The molecule has 1 rings (SSSR count). The number of rotatable bonds is 5. The molecule has 0 bridgehead atoms. The lowest BCUT2D eigenvalue weighted by atomic mass is 10.1. The fraction of sp³-hybridized carbons (Fsp3) is 0.467. The van der Waals surface area contributed by atoms with Gasteiger partial charge < -0.3 is 15.5 Å². The van der Waals surface area contributed by atoms with Gasteiger partial charge in [-0.3, -0.25) is 0 Å². The van der Waals surface area contributed by atoms with Gasteiger partial charge in [0.25, 0.3) is 0 Å². The Bertz CT molecular complexity index is 330. The van der Waals surface area contributed by atoms with E-state index in [0.717, 1.165) is 38.5 Å². The lowest BCUT2D eigenvalue weighted by molar-refractivity contribution is 0.367. The average Bonchev–Trinajstić information content (AvgIpc) is 2.42. The van der Waals surface area contributed by atoms with Crippen LogP contribution in [0.4, 0.5) is 4.39 Å². The van der Waals surface area contributed by atoms with Crippen LogP contribution in [0.2, 0.25) is 0 Å². The molecule has 0 fully saturated rings. The minimum Gasteiger partial charge on any atom is -0.495 e. The number of aliphatic hydroxyl groups is 2. The van der Waals surface area contributed by atoms with E-state index in [0.29, 0.717) is 0 Å². The maximum atomic E-state index is 12.8. The van der Waals surface area contributed by atoms with Crippen molar-refractivity contribution in [2.75, 3.05) is 13.7 Å². The third-order valence-electron chi connectivity index (χ3n) is 2.06. The maximum Gasteiger partial charge on any atom is 0.176 e. The van der Waals surface area contributed by atoms with Crippen molar-refractivity contribution < 1.29 is 14.6 Å². The average molecular weight is 271 g/mol. The number of benzene rings is 1. The SMILES string of the molecule is C=C(O)NCCC.CCCc1ccccc1F.CO. The summed E-state index contributed by atoms with van der Waals surface area (Å²) in [6.07, 6.45) is 2.85. The van der Waals surface area contributed by atoms with Crippen molar-refractivity contribution in [3.05, 3.63) is 48.1 Å². The topological polar surface area (TPSA) is 52.5 Å². The summed E-state index contributed by atoms with van der Waals surface area (Å²) in [7, 11) is 1.00. The van der Waals surface area contributed by atoms with Crippen LogP contribution in [0.15, 0.2) is 36.7 Å². The molecule has 0 saturated heterocycles. The zero-order valence-electron chi connectivity index (χ0n) is 12.1. The molecule has 0 aliphatic carbocycles. The van der Waals surface area contributed by atoms with Gasteiger partial charge in [-0.15, -0.1) is 0 Å². The molecule has 0 unspecified atom stereocenters. The summed E-state index contributed by atoms with van der Waals surface area (Å²) in [6.45, 7) is 8.11. The van der Waals surface area contributed by atoms with Gasteiger partial charge in [0.15, 0.2) is 5.88 Å². The number of halogens is 1. The van der Waals surface area contributed by atoms with Crippen LogP contribution in [0.5, 0.6) is 0 Å². The largest absolute Gasteiger partial charge is 0.495 e. The van der Waals surface area contributed by atoms with Crippen LogP contribution < -0.4 is 5.32 Å². The lowest BCUT2D eigenvalue weighted by Gasteiger charge is -1.97. The second-order valence-electron chi connectivity index (χ2n) is 3.71. The molecule has 4 heteroatoms. The minimum atomic E-state index is -0.0793. The Kier molecular flexibility index (Phi) is 15.1. The Morgan fingerprint density at radius 1 is 1.21 bits per heavy atom. The van der Waals surface area contributed by atoms with Crippen molar-refractivity contribution in [3.8, 4) is 0 Å². The maximum absolute atomic E-state index is 12.8. The normalized spacial score (nSPS) is 8.47. The van der Waals surface area contributed by atoms with E-state index in [1.54, 1.807) is 6.07 Å². The van der Waals surface area contributed by atoms with E-state index in [1.807, 2.05) is 26.0 Å². The number of hydrogen-bond acceptors (Lipinski definition) is 3. The highest BCUT2D eigenvalue weighted by molar-refractivity contribution is 5.16. The molecule has 0 radical (unpaired) electrons. The zero-order chi connectivity index (χ0) is 15.1. The molecule has 0 aliphatic heterocycles. The molecular formula is C15H26FNO2. The first kappa shape index (κ1) is 19.8. The Hall–Kier alpha value is -1.55. The van der Waals surface area contributed by atoms with Gasteiger partial charge in [0.05, 0.1) is 0 Å². The van der Waals surface area contributed by atoms with Gasteiger partial charge in [0.1, 0.15) is 5.82 Å². The first-order valence-electron chi connectivity index (χ1n) is 6.41. The standard InChI is InChI=1S/C9H11F.C5H11NO.CH4O/c1-2-5-8-6-3-4-7-9(8)10;1-3-4-6-5(2)7;1-2/h3-4,6-7H,2,5H2,1H3;6-7H,2-4H2,1H3;2H,1H3. The Labute approximate surface area is 115 Å². The van der Waals surface area contributed by atoms with Crippen molar-refractivity contribution in [1.82, 2.24) is 5.32 Å². The molecule has 3 nitrogen and oxygen atoms in total. The molecule has 0 saturated carbocycles. The molecule has 110 valence electrons. The Balaban J connectivity index is 0. The number of aryl methyl sites for hydroxylation is 1. The van der Waals surface area contributed by atoms with E-state index < -0.39 is 0 Å². The molecule has 0 aliphatic rings. The molecule has 3 N–H and O–H groups in total. The molecule has 0 atom stereocenters. The third-order valence-corrected chi connectivity index (χ3v) is 2.06. The Morgan fingerprint density at radius 3 is 2.16 bits per heavy atom. The molecule has 0 heterocycles. The van der Waals surface area contributed by atoms with Gasteiger partial charge in [-0.1, -0.05) is 38.5 Å². The third kappa shape index (κ3) is 12.7. The summed E-state index contributed by atoms with van der Waals surface area (Å²) in [6, 6.07) is 6.92. The summed E-state index contributed by atoms with van der Waals surface area (Å²) in [4.78, 5) is 0. The summed E-state index contributed by atoms with van der Waals surface area (Å²) in [5, 5.41) is 18.0. The number of nitrogens with one attached hydrogen (secondary N) is 1. The molecule has 19 heavy (non-hydrogen) atoms. The highest BCUT2D eigenvalue weighted by atomic mass is 19.1. The second-order valence-corrected chi connectivity index (χ2v) is 3.71. The fourth-order valence-electron chi connectivity index (χ4n) is 1.24. The van der Waals surface area contributed by atoms with Gasteiger partial charge in [-0.25, -0.2) is 4.39 Å². The molecule has 0 aromatic heterocycles. The number of hydrogen-bond donors (Lipinski definition) is 3. The van der Waals surface area contributed by atoms with E-state index in [4.69, 9.17) is 10.2 Å². The van der Waals surface area contributed by atoms with Crippen LogP contribution in [0.25, 0.3) is 0 Å². The quantitative estimate of drug-likeness (QED) is 0.719. The summed E-state index contributed by atoms with van der Waals surface area (Å²) in [5.41, 5.74) is 0.824. The van der Waals surface area contributed by atoms with Crippen LogP contribution in [0.3, 0.4) is 0 Å². The monoisotopic (exact) mass is 271 g/mol. The smallest absolute Gasteiger partial charge is 0.176 e. The van der Waals surface area contributed by atoms with Gasteiger partial charge in [0, 0.05) is 13.7 Å². The van der Waals surface area contributed by atoms with E-state index in [1.165, 1.54) is 6.07 Å². The highest BCUT2D eigenvalue weighted by Gasteiger charge is 1.96. The van der Waals surface area contributed by atoms with E-state index in [2.05, 4.69) is 11.9 Å². The van der Waals surface area contributed by atoms with Gasteiger partial charge in [0.2, 0.25) is 0 Å². The first-order valence-corrected chi connectivity index (χ1v) is 6.41. The number of aliphatic hydroxyl groups excluding tert-OH is 2. The van der Waals surface area contributed by atoms with Crippen LogP contribution in [-0.4, -0.2) is 23.9 Å². The summed E-state index contributed by atoms with van der Waals surface area (Å²) < 4.78 is 12.8. The zero-order valence-corrected chi connectivity index (χ0v) is 12.1. The van der Waals surface area contributed by atoms with Gasteiger partial charge >= 0.3 is 0 Å². The summed E-state index contributed by atoms with van der Waals surface area (Å²) >= 11 is 0. The van der Waals surface area contributed by atoms with Crippen LogP contribution in [-0.2, 0) is 6.42 Å². The van der Waals surface area contributed by atoms with Crippen LogP contribution >= 0.6 is 0 Å². The van der Waals surface area contributed by atoms with Crippen LogP contribution in [0, 0.1) is 5.82 Å². The van der Waals surface area contributed by atoms with Crippen molar-refractivity contribution in [1.29, 1.82) is 0 Å². The molecule has 0 amide bonds. The lowest BCUT2D eigenvalue weighted by Crippen LogP contribution is -2.11. The second kappa shape index (κ2) is 14.5. The van der Waals surface area contributed by atoms with Crippen molar-refractivity contribution in [2.45, 2.75) is 33.1 Å². The predicted octanol–water partition coefficient (Wildman–Crippen LogP) is 3.40. The Morgan fingerprint density at radius 2 is 1.79 bits per heavy atom. The van der Waals surface area contributed by atoms with Crippen molar-refractivity contribution in [2.24, 2.45) is 0 Å². The van der Waals surface area contributed by atoms with Crippen LogP contribution in [0.1, 0.15) is 32.3 Å². The van der Waals surface area contributed by atoms with Crippen molar-refractivity contribution in [3.63, 3.8) is 0 Å². The highest BCUT2D eigenvalue weighted by Crippen LogP contribution is 2.07. The minimum absolute atomic E-state index is 0.0573. The van der Waals surface area contributed by atoms with Gasteiger partial charge in [-0.2, -0.15) is 0 Å². The van der Waals surface area contributed by atoms with E-state index in [9.17, 15) is 4.39 Å². The predicted molar refractivity (Wildman–Crippen MR) is 78.6 cm³/mol. The molecule has 1 aromatic carbocycles. The summed E-state index contributed by atoms with van der Waals surface area (Å²) in [5.74, 6) is -0.0220. The van der Waals surface area contributed by atoms with Crippen molar-refractivity contribution >= 4 is 0 Å². The van der Waals surface area contributed by atoms with E-state index >= 15 is 0 Å². The molecular weight excluding hydrogens is 245 g/mol. The fourth-order valence-corrected chi connectivity index (χ4v) is 1.24. The van der Waals surface area contributed by atoms with Gasteiger partial charge in [-0.05, 0) is 31.1 Å². The molecule has 0 spiro atoms. The molecule has 1 aromatic rings. The first-order chi connectivity index (χ1) is 9.11.